The number of aryl methyl sites for hydroxylation is 1. The van der Waals surface area contributed by atoms with Crippen LogP contribution in [0.1, 0.15) is 57.1 Å². The summed E-state index contributed by atoms with van der Waals surface area (Å²) in [4.78, 5) is 2.40. The summed E-state index contributed by atoms with van der Waals surface area (Å²) in [6.07, 6.45) is 3.64. The van der Waals surface area contributed by atoms with Crippen molar-refractivity contribution in [1.29, 1.82) is 0 Å². The highest BCUT2D eigenvalue weighted by Crippen LogP contribution is 2.27. The second-order valence-corrected chi connectivity index (χ2v) is 6.05. The predicted molar refractivity (Wildman–Crippen MR) is 87.8 cm³/mol. The Morgan fingerprint density at radius 2 is 1.85 bits per heavy atom. The van der Waals surface area contributed by atoms with Crippen molar-refractivity contribution in [2.24, 2.45) is 0 Å². The fraction of sp³-hybridized carbons (Fsp3) is 0.667. The number of ether oxygens (including phenoxy) is 1. The quantitative estimate of drug-likeness (QED) is 0.611. The minimum Gasteiger partial charge on any atom is -0.493 e. The molecule has 0 aliphatic heterocycles. The van der Waals surface area contributed by atoms with E-state index in [-0.39, 0.29) is 0 Å². The third-order valence-corrected chi connectivity index (χ3v) is 3.63. The van der Waals surface area contributed by atoms with E-state index in [9.17, 15) is 0 Å². The molecule has 0 N–H and O–H groups in total. The van der Waals surface area contributed by atoms with E-state index in [1.165, 1.54) is 30.5 Å². The second-order valence-electron chi connectivity index (χ2n) is 6.05. The normalized spacial score (nSPS) is 11.3. The lowest BCUT2D eigenvalue weighted by Gasteiger charge is -2.18. The molecule has 2 nitrogen and oxygen atoms in total. The van der Waals surface area contributed by atoms with E-state index in [2.05, 4.69) is 57.8 Å². The summed E-state index contributed by atoms with van der Waals surface area (Å²) in [5.74, 6) is 1.58. The van der Waals surface area contributed by atoms with Crippen LogP contribution in [0.5, 0.6) is 5.75 Å². The zero-order valence-electron chi connectivity index (χ0n) is 13.9. The van der Waals surface area contributed by atoms with Gasteiger partial charge in [-0.05, 0) is 56.5 Å². The molecule has 1 rings (SSSR count). The summed E-state index contributed by atoms with van der Waals surface area (Å²) in [7, 11) is 2.20. The molecule has 1 aromatic carbocycles. The van der Waals surface area contributed by atoms with E-state index < -0.39 is 0 Å². The van der Waals surface area contributed by atoms with Gasteiger partial charge in [-0.2, -0.15) is 0 Å². The number of hydrogen-bond acceptors (Lipinski definition) is 2. The molecule has 2 heteroatoms. The van der Waals surface area contributed by atoms with Crippen LogP contribution in [-0.4, -0.2) is 31.6 Å². The van der Waals surface area contributed by atoms with Crippen molar-refractivity contribution in [1.82, 2.24) is 4.90 Å². The lowest BCUT2D eigenvalue weighted by Crippen LogP contribution is -2.22. The fourth-order valence-corrected chi connectivity index (χ4v) is 2.30. The monoisotopic (exact) mass is 277 g/mol. The average molecular weight is 277 g/mol. The van der Waals surface area contributed by atoms with Crippen LogP contribution in [0.3, 0.4) is 0 Å². The van der Waals surface area contributed by atoms with Gasteiger partial charge >= 0.3 is 0 Å². The lowest BCUT2D eigenvalue weighted by molar-refractivity contribution is 0.259. The van der Waals surface area contributed by atoms with Crippen molar-refractivity contribution >= 4 is 0 Å². The van der Waals surface area contributed by atoms with Crippen molar-refractivity contribution in [3.8, 4) is 5.75 Å². The first-order valence-electron chi connectivity index (χ1n) is 7.96. The van der Waals surface area contributed by atoms with E-state index >= 15 is 0 Å². The van der Waals surface area contributed by atoms with E-state index in [4.69, 9.17) is 4.74 Å². The van der Waals surface area contributed by atoms with Gasteiger partial charge in [0.1, 0.15) is 5.75 Å². The third kappa shape index (κ3) is 5.96. The highest BCUT2D eigenvalue weighted by molar-refractivity contribution is 5.39. The highest BCUT2D eigenvalue weighted by atomic mass is 16.5. The Kier molecular flexibility index (Phi) is 7.68. The van der Waals surface area contributed by atoms with Gasteiger partial charge < -0.3 is 9.64 Å². The van der Waals surface area contributed by atoms with Crippen molar-refractivity contribution in [2.75, 3.05) is 26.7 Å². The third-order valence-electron chi connectivity index (χ3n) is 3.63. The standard InChI is InChI=1S/C18H31NO/c1-6-7-11-19(5)12-8-13-20-18-14-16(4)9-10-17(18)15(2)3/h9-10,14-15H,6-8,11-13H2,1-5H3. The molecule has 0 bridgehead atoms. The smallest absolute Gasteiger partial charge is 0.122 e. The molecule has 0 atom stereocenters. The summed E-state index contributed by atoms with van der Waals surface area (Å²) in [5, 5.41) is 0. The summed E-state index contributed by atoms with van der Waals surface area (Å²) in [6.45, 7) is 11.9. The van der Waals surface area contributed by atoms with E-state index in [0.29, 0.717) is 5.92 Å². The van der Waals surface area contributed by atoms with E-state index in [1.807, 2.05) is 0 Å². The molecule has 0 saturated heterocycles. The molecule has 0 saturated carbocycles. The number of unbranched alkanes of at least 4 members (excludes halogenated alkanes) is 1. The van der Waals surface area contributed by atoms with Crippen LogP contribution in [0.15, 0.2) is 18.2 Å². The summed E-state index contributed by atoms with van der Waals surface area (Å²) in [6, 6.07) is 6.53. The van der Waals surface area contributed by atoms with Gasteiger partial charge in [0.25, 0.3) is 0 Å². The highest BCUT2D eigenvalue weighted by Gasteiger charge is 2.08. The number of rotatable bonds is 9. The van der Waals surface area contributed by atoms with Gasteiger partial charge in [0.05, 0.1) is 6.61 Å². The molecular weight excluding hydrogens is 246 g/mol. The van der Waals surface area contributed by atoms with Crippen molar-refractivity contribution in [3.05, 3.63) is 29.3 Å². The average Bonchev–Trinajstić information content (AvgIpc) is 2.41. The van der Waals surface area contributed by atoms with Gasteiger partial charge in [-0.25, -0.2) is 0 Å². The Balaban J connectivity index is 2.40. The molecular formula is C18H31NO. The summed E-state index contributed by atoms with van der Waals surface area (Å²) >= 11 is 0. The minimum absolute atomic E-state index is 0.512. The zero-order chi connectivity index (χ0) is 15.0. The summed E-state index contributed by atoms with van der Waals surface area (Å²) < 4.78 is 6.01. The predicted octanol–water partition coefficient (Wildman–Crippen LogP) is 4.62. The van der Waals surface area contributed by atoms with Crippen molar-refractivity contribution in [2.45, 2.75) is 52.9 Å². The maximum Gasteiger partial charge on any atom is 0.122 e. The number of hydrogen-bond donors (Lipinski definition) is 0. The Morgan fingerprint density at radius 1 is 1.15 bits per heavy atom. The van der Waals surface area contributed by atoms with Crippen molar-refractivity contribution in [3.63, 3.8) is 0 Å². The Bertz CT molecular complexity index is 387. The molecule has 0 radical (unpaired) electrons. The zero-order valence-corrected chi connectivity index (χ0v) is 13.9. The van der Waals surface area contributed by atoms with Crippen LogP contribution in [0, 0.1) is 6.92 Å². The fourth-order valence-electron chi connectivity index (χ4n) is 2.30. The van der Waals surface area contributed by atoms with Crippen LogP contribution in [0.2, 0.25) is 0 Å². The summed E-state index contributed by atoms with van der Waals surface area (Å²) in [5.41, 5.74) is 2.58. The molecule has 0 aliphatic rings. The number of nitrogens with zero attached hydrogens (tertiary/aromatic N) is 1. The molecule has 0 aromatic heterocycles. The molecule has 1 aromatic rings. The van der Waals surface area contributed by atoms with E-state index in [1.54, 1.807) is 0 Å². The van der Waals surface area contributed by atoms with Gasteiger partial charge in [-0.15, -0.1) is 0 Å². The van der Waals surface area contributed by atoms with Crippen LogP contribution < -0.4 is 4.74 Å². The first-order valence-corrected chi connectivity index (χ1v) is 7.96. The van der Waals surface area contributed by atoms with Crippen LogP contribution >= 0.6 is 0 Å². The maximum absolute atomic E-state index is 6.01. The van der Waals surface area contributed by atoms with Gasteiger partial charge in [-0.3, -0.25) is 0 Å². The minimum atomic E-state index is 0.512. The Hall–Kier alpha value is -1.02. The molecule has 0 unspecified atom stereocenters. The second kappa shape index (κ2) is 9.02. The van der Waals surface area contributed by atoms with Gasteiger partial charge in [0, 0.05) is 6.54 Å². The molecule has 0 aliphatic carbocycles. The topological polar surface area (TPSA) is 12.5 Å². The molecule has 0 spiro atoms. The number of benzene rings is 1. The Labute approximate surface area is 125 Å². The van der Waals surface area contributed by atoms with Gasteiger partial charge in [0.2, 0.25) is 0 Å². The van der Waals surface area contributed by atoms with Crippen LogP contribution in [-0.2, 0) is 0 Å². The van der Waals surface area contributed by atoms with Gasteiger partial charge in [0.15, 0.2) is 0 Å². The largest absolute Gasteiger partial charge is 0.493 e. The molecule has 114 valence electrons. The van der Waals surface area contributed by atoms with Crippen LogP contribution in [0.25, 0.3) is 0 Å². The van der Waals surface area contributed by atoms with Crippen molar-refractivity contribution < 1.29 is 4.74 Å². The first kappa shape index (κ1) is 17.0. The molecule has 20 heavy (non-hydrogen) atoms. The van der Waals surface area contributed by atoms with Crippen LogP contribution in [0.4, 0.5) is 0 Å². The molecule has 0 heterocycles. The Morgan fingerprint density at radius 3 is 2.50 bits per heavy atom. The SMILES string of the molecule is CCCCN(C)CCCOc1cc(C)ccc1C(C)C. The lowest BCUT2D eigenvalue weighted by atomic mass is 10.0. The van der Waals surface area contributed by atoms with Gasteiger partial charge in [-0.1, -0.05) is 39.3 Å². The molecule has 0 amide bonds. The molecule has 0 fully saturated rings. The first-order chi connectivity index (χ1) is 9.54. The van der Waals surface area contributed by atoms with E-state index in [0.717, 1.165) is 25.3 Å². The maximum atomic E-state index is 6.01.